The number of H-pyrrole nitrogens is 1. The van der Waals surface area contributed by atoms with Crippen LogP contribution in [0.3, 0.4) is 0 Å². The molecule has 0 bridgehead atoms. The number of thiophene rings is 1. The molecule has 4 rings (SSSR count). The van der Waals surface area contributed by atoms with Gasteiger partial charge in [0.2, 0.25) is 0 Å². The fourth-order valence-electron chi connectivity index (χ4n) is 3.58. The highest BCUT2D eigenvalue weighted by Gasteiger charge is 2.22. The number of rotatable bonds is 5. The zero-order valence-electron chi connectivity index (χ0n) is 16.4. The smallest absolute Gasteiger partial charge is 0.275 e. The normalized spacial score (nSPS) is 12.7. The zero-order chi connectivity index (χ0) is 21.1. The molecule has 8 heteroatoms. The molecule has 0 aliphatic heterocycles. The van der Waals surface area contributed by atoms with E-state index in [1.807, 2.05) is 24.3 Å². The van der Waals surface area contributed by atoms with E-state index >= 15 is 0 Å². The number of aromatic amines is 1. The third-order valence-electron chi connectivity index (χ3n) is 5.06. The molecule has 0 spiro atoms. The molecular weight excluding hydrogens is 400 g/mol. The quantitative estimate of drug-likeness (QED) is 0.657. The third-order valence-corrected chi connectivity index (χ3v) is 6.27. The fraction of sp³-hybridized carbons (Fsp3) is 0.273. The number of benzene rings is 1. The first kappa shape index (κ1) is 19.9. The summed E-state index contributed by atoms with van der Waals surface area (Å²) >= 11 is 1.44. The van der Waals surface area contributed by atoms with Crippen molar-refractivity contribution in [2.45, 2.75) is 32.1 Å². The van der Waals surface area contributed by atoms with E-state index in [1.54, 1.807) is 7.11 Å². The van der Waals surface area contributed by atoms with Crippen LogP contribution in [0.4, 0.5) is 5.00 Å². The Hall–Kier alpha value is -3.44. The summed E-state index contributed by atoms with van der Waals surface area (Å²) in [6, 6.07) is 10.8. The highest BCUT2D eigenvalue weighted by Crippen LogP contribution is 2.37. The molecule has 1 amide bonds. The van der Waals surface area contributed by atoms with Crippen LogP contribution in [-0.4, -0.2) is 23.0 Å². The van der Waals surface area contributed by atoms with E-state index < -0.39 is 11.5 Å². The maximum Gasteiger partial charge on any atom is 0.275 e. The first-order chi connectivity index (χ1) is 14.6. The highest BCUT2D eigenvalue weighted by molar-refractivity contribution is 7.16. The van der Waals surface area contributed by atoms with Gasteiger partial charge in [0.25, 0.3) is 11.5 Å². The largest absolute Gasteiger partial charge is 0.497 e. The molecule has 2 heterocycles. The van der Waals surface area contributed by atoms with E-state index in [1.165, 1.54) is 17.4 Å². The molecule has 1 aliphatic rings. The van der Waals surface area contributed by atoms with Crippen LogP contribution in [0.2, 0.25) is 0 Å². The average molecular weight is 420 g/mol. The molecule has 1 aromatic carbocycles. The third kappa shape index (κ3) is 4.11. The number of aromatic nitrogens is 2. The summed E-state index contributed by atoms with van der Waals surface area (Å²) in [6.45, 7) is 0. The molecule has 3 aromatic rings. The number of nitriles is 1. The van der Waals surface area contributed by atoms with Crippen LogP contribution in [0.5, 0.6) is 5.75 Å². The van der Waals surface area contributed by atoms with Crippen molar-refractivity contribution in [1.82, 2.24) is 9.97 Å². The Balaban J connectivity index is 1.57. The van der Waals surface area contributed by atoms with Gasteiger partial charge in [-0.1, -0.05) is 12.1 Å². The van der Waals surface area contributed by atoms with Gasteiger partial charge in [-0.25, -0.2) is 4.98 Å². The van der Waals surface area contributed by atoms with Crippen molar-refractivity contribution in [3.05, 3.63) is 73.8 Å². The van der Waals surface area contributed by atoms with Crippen LogP contribution in [0.25, 0.3) is 0 Å². The first-order valence-corrected chi connectivity index (χ1v) is 10.5. The molecular formula is C22H20N4O3S. The lowest BCUT2D eigenvalue weighted by Crippen LogP contribution is -2.20. The molecule has 7 nitrogen and oxygen atoms in total. The van der Waals surface area contributed by atoms with Crippen LogP contribution in [0.1, 0.15) is 50.7 Å². The molecule has 0 radical (unpaired) electrons. The maximum absolute atomic E-state index is 12.8. The molecule has 2 aromatic heterocycles. The van der Waals surface area contributed by atoms with Crippen molar-refractivity contribution < 1.29 is 9.53 Å². The molecule has 1 aliphatic carbocycles. The Labute approximate surface area is 177 Å². The standard InChI is InChI=1S/C22H20N4O3S/c1-29-14-8-6-13(7-9-14)10-19-24-17(11-20(27)25-19)21(28)26-22-16(12-23)15-4-2-3-5-18(15)30-22/h6-9,11H,2-5,10H2,1H3,(H,26,28)(H,24,25,27). The van der Waals surface area contributed by atoms with Gasteiger partial charge in [-0.3, -0.25) is 9.59 Å². The summed E-state index contributed by atoms with van der Waals surface area (Å²) in [5.74, 6) is 0.635. The lowest BCUT2D eigenvalue weighted by molar-refractivity contribution is 0.102. The minimum Gasteiger partial charge on any atom is -0.497 e. The Bertz CT molecular complexity index is 1190. The molecule has 0 atom stereocenters. The number of anilines is 1. The Kier molecular flexibility index (Phi) is 5.63. The minimum atomic E-state index is -0.493. The number of hydrogen-bond donors (Lipinski definition) is 2. The van der Waals surface area contributed by atoms with Gasteiger partial charge in [0.15, 0.2) is 0 Å². The Morgan fingerprint density at radius 1 is 1.30 bits per heavy atom. The van der Waals surface area contributed by atoms with Crippen LogP contribution in [0, 0.1) is 11.3 Å². The Morgan fingerprint density at radius 2 is 2.07 bits per heavy atom. The fourth-order valence-corrected chi connectivity index (χ4v) is 4.82. The lowest BCUT2D eigenvalue weighted by Gasteiger charge is -2.09. The average Bonchev–Trinajstić information content (AvgIpc) is 3.10. The SMILES string of the molecule is COc1ccc(Cc2nc(C(=O)Nc3sc4c(c3C#N)CCCC4)cc(=O)[nH]2)cc1. The molecule has 0 saturated carbocycles. The monoisotopic (exact) mass is 420 g/mol. The number of amides is 1. The number of nitrogens with zero attached hydrogens (tertiary/aromatic N) is 2. The van der Waals surface area contributed by atoms with E-state index in [0.717, 1.165) is 47.4 Å². The zero-order valence-corrected chi connectivity index (χ0v) is 17.3. The number of methoxy groups -OCH3 is 1. The Morgan fingerprint density at radius 3 is 2.80 bits per heavy atom. The van der Waals surface area contributed by atoms with Gasteiger partial charge in [0.1, 0.15) is 28.3 Å². The lowest BCUT2D eigenvalue weighted by atomic mass is 9.96. The second-order valence-electron chi connectivity index (χ2n) is 7.08. The maximum atomic E-state index is 12.8. The molecule has 0 saturated heterocycles. The van der Waals surface area contributed by atoms with E-state index in [9.17, 15) is 14.9 Å². The highest BCUT2D eigenvalue weighted by atomic mass is 32.1. The van der Waals surface area contributed by atoms with Gasteiger partial charge in [-0.05, 0) is 48.9 Å². The number of aryl methyl sites for hydroxylation is 1. The summed E-state index contributed by atoms with van der Waals surface area (Å²) < 4.78 is 5.15. The minimum absolute atomic E-state index is 0.0255. The molecule has 0 unspecified atom stereocenters. The van der Waals surface area contributed by atoms with Gasteiger partial charge < -0.3 is 15.0 Å². The van der Waals surface area contributed by atoms with Crippen molar-refractivity contribution in [2.24, 2.45) is 0 Å². The number of carbonyl (C=O) groups excluding carboxylic acids is 1. The molecule has 2 N–H and O–H groups in total. The van der Waals surface area contributed by atoms with E-state index in [2.05, 4.69) is 21.4 Å². The van der Waals surface area contributed by atoms with Gasteiger partial charge in [-0.2, -0.15) is 5.26 Å². The second-order valence-corrected chi connectivity index (χ2v) is 8.19. The number of hydrogen-bond acceptors (Lipinski definition) is 6. The van der Waals surface area contributed by atoms with Gasteiger partial charge in [-0.15, -0.1) is 11.3 Å². The van der Waals surface area contributed by atoms with Gasteiger partial charge in [0.05, 0.1) is 12.7 Å². The second kappa shape index (κ2) is 8.51. The van der Waals surface area contributed by atoms with Crippen molar-refractivity contribution >= 4 is 22.2 Å². The predicted octanol–water partition coefficient (Wildman–Crippen LogP) is 3.43. The van der Waals surface area contributed by atoms with E-state index in [4.69, 9.17) is 4.74 Å². The number of fused-ring (bicyclic) bond motifs is 1. The van der Waals surface area contributed by atoms with Gasteiger partial charge in [0, 0.05) is 17.4 Å². The predicted molar refractivity (Wildman–Crippen MR) is 114 cm³/mol. The summed E-state index contributed by atoms with van der Waals surface area (Å²) in [5.41, 5.74) is 2.13. The van der Waals surface area contributed by atoms with Crippen LogP contribution >= 0.6 is 11.3 Å². The number of carbonyl (C=O) groups is 1. The first-order valence-electron chi connectivity index (χ1n) is 9.66. The number of nitrogens with one attached hydrogen (secondary N) is 2. The van der Waals surface area contributed by atoms with E-state index in [0.29, 0.717) is 22.8 Å². The summed E-state index contributed by atoms with van der Waals surface area (Å²) in [6.07, 6.45) is 4.31. The summed E-state index contributed by atoms with van der Waals surface area (Å²) in [5, 5.41) is 12.9. The topological polar surface area (TPSA) is 108 Å². The summed E-state index contributed by atoms with van der Waals surface area (Å²) in [7, 11) is 1.60. The van der Waals surface area contributed by atoms with Gasteiger partial charge >= 0.3 is 0 Å². The molecule has 0 fully saturated rings. The molecule has 152 valence electrons. The van der Waals surface area contributed by atoms with Crippen LogP contribution in [-0.2, 0) is 19.3 Å². The van der Waals surface area contributed by atoms with E-state index in [-0.39, 0.29) is 5.69 Å². The van der Waals surface area contributed by atoms with Crippen molar-refractivity contribution in [2.75, 3.05) is 12.4 Å². The van der Waals surface area contributed by atoms with Crippen molar-refractivity contribution in [3.8, 4) is 11.8 Å². The van der Waals surface area contributed by atoms with Crippen molar-refractivity contribution in [1.29, 1.82) is 5.26 Å². The van der Waals surface area contributed by atoms with Crippen LogP contribution < -0.4 is 15.6 Å². The van der Waals surface area contributed by atoms with Crippen molar-refractivity contribution in [3.63, 3.8) is 0 Å². The molecule has 30 heavy (non-hydrogen) atoms. The number of ether oxygens (including phenoxy) is 1. The van der Waals surface area contributed by atoms with Crippen LogP contribution in [0.15, 0.2) is 35.1 Å². The summed E-state index contributed by atoms with van der Waals surface area (Å²) in [4.78, 5) is 33.1.